The van der Waals surface area contributed by atoms with Gasteiger partial charge in [0.05, 0.1) is 15.9 Å². The number of thiazole rings is 1. The van der Waals surface area contributed by atoms with Crippen LogP contribution in [0.5, 0.6) is 0 Å². The van der Waals surface area contributed by atoms with Gasteiger partial charge in [-0.15, -0.1) is 11.3 Å². The number of aliphatic imine (C=N–C) groups is 1. The minimum Gasteiger partial charge on any atom is -0.256 e. The first-order valence-corrected chi connectivity index (χ1v) is 14.2. The molecule has 7 aromatic rings. The lowest BCUT2D eigenvalue weighted by atomic mass is 9.97. The second kappa shape index (κ2) is 9.67. The highest BCUT2D eigenvalue weighted by molar-refractivity contribution is 8.00. The standard InChI is InChI=1S/C33H21FN2S2/c34-30-15-13-23(27-11-5-6-12-28(27)30)20-37-33-36-31-16-14-24(18-32(31)38-33)35-19-29-25-9-3-1-7-21(25)17-22-8-2-4-10-26(22)29/h1-19H,20H2. The van der Waals surface area contributed by atoms with Crippen molar-refractivity contribution in [1.29, 1.82) is 0 Å². The normalized spacial score (nSPS) is 11.9. The van der Waals surface area contributed by atoms with Crippen LogP contribution in [-0.4, -0.2) is 11.2 Å². The molecule has 0 saturated heterocycles. The summed E-state index contributed by atoms with van der Waals surface area (Å²) < 4.78 is 16.3. The number of benzene rings is 6. The molecule has 38 heavy (non-hydrogen) atoms. The van der Waals surface area contributed by atoms with Gasteiger partial charge in [0, 0.05) is 22.9 Å². The Morgan fingerprint density at radius 2 is 1.42 bits per heavy atom. The smallest absolute Gasteiger partial charge is 0.151 e. The molecule has 0 bridgehead atoms. The van der Waals surface area contributed by atoms with E-state index in [4.69, 9.17) is 9.98 Å². The quantitative estimate of drug-likeness (QED) is 0.126. The van der Waals surface area contributed by atoms with Crippen LogP contribution in [-0.2, 0) is 5.75 Å². The Balaban J connectivity index is 1.18. The highest BCUT2D eigenvalue weighted by atomic mass is 32.2. The van der Waals surface area contributed by atoms with Crippen LogP contribution in [0.15, 0.2) is 119 Å². The molecule has 6 aromatic carbocycles. The third-order valence-corrected chi connectivity index (χ3v) is 9.03. The predicted molar refractivity (Wildman–Crippen MR) is 162 cm³/mol. The number of hydrogen-bond acceptors (Lipinski definition) is 4. The summed E-state index contributed by atoms with van der Waals surface area (Å²) in [6, 6.07) is 36.4. The maximum atomic E-state index is 14.2. The van der Waals surface area contributed by atoms with E-state index in [1.807, 2.05) is 48.7 Å². The molecule has 0 fully saturated rings. The molecule has 0 atom stereocenters. The van der Waals surface area contributed by atoms with E-state index in [0.29, 0.717) is 5.39 Å². The Morgan fingerprint density at radius 3 is 2.18 bits per heavy atom. The van der Waals surface area contributed by atoms with Gasteiger partial charge >= 0.3 is 0 Å². The highest BCUT2D eigenvalue weighted by Gasteiger charge is 2.10. The van der Waals surface area contributed by atoms with E-state index in [-0.39, 0.29) is 5.82 Å². The molecule has 0 aliphatic rings. The maximum absolute atomic E-state index is 14.2. The van der Waals surface area contributed by atoms with Crippen LogP contribution in [0.3, 0.4) is 0 Å². The van der Waals surface area contributed by atoms with Crippen LogP contribution in [0.25, 0.3) is 42.5 Å². The summed E-state index contributed by atoms with van der Waals surface area (Å²) in [6.07, 6.45) is 1.99. The summed E-state index contributed by atoms with van der Waals surface area (Å²) in [5.74, 6) is 0.554. The van der Waals surface area contributed by atoms with Crippen molar-refractivity contribution >= 4 is 77.5 Å². The Bertz CT molecular complexity index is 1950. The van der Waals surface area contributed by atoms with Gasteiger partial charge in [0.25, 0.3) is 0 Å². The van der Waals surface area contributed by atoms with Gasteiger partial charge in [-0.05, 0) is 62.8 Å². The maximum Gasteiger partial charge on any atom is 0.151 e. The fourth-order valence-electron chi connectivity index (χ4n) is 4.95. The fraction of sp³-hybridized carbons (Fsp3) is 0.0303. The molecule has 0 unspecified atom stereocenters. The molecule has 0 amide bonds. The summed E-state index contributed by atoms with van der Waals surface area (Å²) in [4.78, 5) is 9.71. The third-order valence-electron chi connectivity index (χ3n) is 6.82. The average Bonchev–Trinajstić information content (AvgIpc) is 3.37. The second-order valence-corrected chi connectivity index (χ2v) is 11.4. The van der Waals surface area contributed by atoms with Crippen molar-refractivity contribution in [1.82, 2.24) is 4.98 Å². The Kier molecular flexibility index (Phi) is 5.88. The number of thioether (sulfide) groups is 1. The van der Waals surface area contributed by atoms with Gasteiger partial charge in [0.2, 0.25) is 0 Å². The van der Waals surface area contributed by atoms with E-state index < -0.39 is 0 Å². The number of nitrogens with zero attached hydrogens (tertiary/aromatic N) is 2. The molecule has 0 N–H and O–H groups in total. The SMILES string of the molecule is Fc1ccc(CSc2nc3ccc(N=Cc4c5ccccc5cc5ccccc45)cc3s2)c2ccccc12. The summed E-state index contributed by atoms with van der Waals surface area (Å²) in [5.41, 5.74) is 4.11. The molecule has 0 aliphatic heterocycles. The first-order chi connectivity index (χ1) is 18.7. The fourth-order valence-corrected chi connectivity index (χ4v) is 7.06. The number of rotatable bonds is 5. The number of fused-ring (bicyclic) bond motifs is 4. The largest absolute Gasteiger partial charge is 0.256 e. The van der Waals surface area contributed by atoms with Gasteiger partial charge in [-0.25, -0.2) is 9.37 Å². The zero-order chi connectivity index (χ0) is 25.5. The van der Waals surface area contributed by atoms with Crippen LogP contribution in [0.2, 0.25) is 0 Å². The zero-order valence-electron chi connectivity index (χ0n) is 20.3. The van der Waals surface area contributed by atoms with Gasteiger partial charge in [0.15, 0.2) is 4.34 Å². The van der Waals surface area contributed by atoms with Crippen molar-refractivity contribution in [3.05, 3.63) is 126 Å². The van der Waals surface area contributed by atoms with Crippen LogP contribution >= 0.6 is 23.1 Å². The molecule has 2 nitrogen and oxygen atoms in total. The molecule has 5 heteroatoms. The summed E-state index contributed by atoms with van der Waals surface area (Å²) in [5, 5.41) is 6.43. The van der Waals surface area contributed by atoms with Gasteiger partial charge in [-0.2, -0.15) is 0 Å². The lowest BCUT2D eigenvalue weighted by molar-refractivity contribution is 0.639. The number of halogens is 1. The van der Waals surface area contributed by atoms with E-state index in [1.165, 1.54) is 21.5 Å². The van der Waals surface area contributed by atoms with Gasteiger partial charge in [-0.1, -0.05) is 90.6 Å². The molecule has 1 aromatic heterocycles. The summed E-state index contributed by atoms with van der Waals surface area (Å²) in [6.45, 7) is 0. The molecule has 0 aliphatic carbocycles. The van der Waals surface area contributed by atoms with Crippen molar-refractivity contribution in [2.24, 2.45) is 4.99 Å². The number of hydrogen-bond donors (Lipinski definition) is 0. The van der Waals surface area contributed by atoms with Crippen molar-refractivity contribution in [2.45, 2.75) is 10.1 Å². The van der Waals surface area contributed by atoms with Crippen molar-refractivity contribution in [2.75, 3.05) is 0 Å². The van der Waals surface area contributed by atoms with Crippen LogP contribution in [0, 0.1) is 5.82 Å². The highest BCUT2D eigenvalue weighted by Crippen LogP contribution is 2.35. The van der Waals surface area contributed by atoms with Gasteiger partial charge in [0.1, 0.15) is 5.82 Å². The van der Waals surface area contributed by atoms with Crippen LogP contribution in [0.1, 0.15) is 11.1 Å². The molecular formula is C33H21FN2S2. The average molecular weight is 529 g/mol. The molecule has 182 valence electrons. The van der Waals surface area contributed by atoms with Gasteiger partial charge in [-0.3, -0.25) is 4.99 Å². The molecule has 0 radical (unpaired) electrons. The minimum absolute atomic E-state index is 0.182. The first-order valence-electron chi connectivity index (χ1n) is 12.4. The van der Waals surface area contributed by atoms with Crippen LogP contribution < -0.4 is 0 Å². The number of aromatic nitrogens is 1. The zero-order valence-corrected chi connectivity index (χ0v) is 21.9. The Labute approximate surface area is 227 Å². The lowest BCUT2D eigenvalue weighted by Crippen LogP contribution is -1.88. The molecule has 0 spiro atoms. The van der Waals surface area contributed by atoms with Crippen molar-refractivity contribution in [3.63, 3.8) is 0 Å². The van der Waals surface area contributed by atoms with E-state index in [1.54, 1.807) is 29.2 Å². The van der Waals surface area contributed by atoms with E-state index in [0.717, 1.165) is 42.5 Å². The Hall–Kier alpha value is -4.06. The third kappa shape index (κ3) is 4.24. The monoisotopic (exact) mass is 528 g/mol. The summed E-state index contributed by atoms with van der Waals surface area (Å²) in [7, 11) is 0. The van der Waals surface area contributed by atoms with Crippen molar-refractivity contribution < 1.29 is 4.39 Å². The van der Waals surface area contributed by atoms with E-state index >= 15 is 0 Å². The summed E-state index contributed by atoms with van der Waals surface area (Å²) >= 11 is 3.36. The van der Waals surface area contributed by atoms with Crippen LogP contribution in [0.4, 0.5) is 10.1 Å². The lowest BCUT2D eigenvalue weighted by Gasteiger charge is -2.07. The second-order valence-electron chi connectivity index (χ2n) is 9.16. The Morgan fingerprint density at radius 1 is 0.737 bits per heavy atom. The first kappa shape index (κ1) is 23.1. The molecule has 0 saturated carbocycles. The molecule has 7 rings (SSSR count). The topological polar surface area (TPSA) is 25.2 Å². The predicted octanol–water partition coefficient (Wildman–Crippen LogP) is 9.94. The van der Waals surface area contributed by atoms with Crippen molar-refractivity contribution in [3.8, 4) is 0 Å². The van der Waals surface area contributed by atoms with E-state index in [2.05, 4.69) is 60.7 Å². The van der Waals surface area contributed by atoms with E-state index in [9.17, 15) is 4.39 Å². The molecular weight excluding hydrogens is 508 g/mol. The van der Waals surface area contributed by atoms with Gasteiger partial charge < -0.3 is 0 Å². The molecule has 1 heterocycles. The minimum atomic E-state index is -0.182.